The third-order valence-corrected chi connectivity index (χ3v) is 14.1. The van der Waals surface area contributed by atoms with Crippen molar-refractivity contribution in [2.75, 3.05) is 33.0 Å². The lowest BCUT2D eigenvalue weighted by Gasteiger charge is -2.29. The molecule has 0 saturated heterocycles. The van der Waals surface area contributed by atoms with Crippen LogP contribution in [0.3, 0.4) is 0 Å². The molecule has 6 heteroatoms. The van der Waals surface area contributed by atoms with Crippen molar-refractivity contribution < 1.29 is 28.5 Å². The van der Waals surface area contributed by atoms with E-state index in [1.54, 1.807) is 0 Å². The lowest BCUT2D eigenvalue weighted by molar-refractivity contribution is -0.143. The summed E-state index contributed by atoms with van der Waals surface area (Å²) in [5.41, 5.74) is 14.4. The number of ether oxygens (including phenoxy) is 5. The SMILES string of the molecule is CCCOc1c2cc(C(C)(C)C)cc1Cc1cc(C(C)(C)C)cc(c1OCCC)Cc1cc(C(C)(C)C)cc(c1OCCCCCCCCCCC(=O)OCC)Cc1cc(C(C)(C)C)cc(c1OCCC)C2. The average molecular weight is 988 g/mol. The van der Waals surface area contributed by atoms with Crippen LogP contribution in [-0.2, 0) is 56.9 Å². The van der Waals surface area contributed by atoms with Crippen LogP contribution in [0.15, 0.2) is 48.5 Å². The molecule has 0 aliphatic heterocycles. The second-order valence-corrected chi connectivity index (χ2v) is 25.0. The van der Waals surface area contributed by atoms with E-state index in [0.29, 0.717) is 65.1 Å². The topological polar surface area (TPSA) is 63.2 Å². The van der Waals surface area contributed by atoms with Crippen molar-refractivity contribution in [3.63, 3.8) is 0 Å². The van der Waals surface area contributed by atoms with Crippen molar-refractivity contribution in [1.82, 2.24) is 0 Å². The number of carbonyl (C=O) groups excluding carboxylic acids is 1. The Labute approximate surface area is 439 Å². The van der Waals surface area contributed by atoms with Crippen LogP contribution >= 0.6 is 0 Å². The van der Waals surface area contributed by atoms with Gasteiger partial charge in [-0.2, -0.15) is 0 Å². The van der Waals surface area contributed by atoms with Gasteiger partial charge in [0.15, 0.2) is 0 Å². The van der Waals surface area contributed by atoms with Gasteiger partial charge >= 0.3 is 5.97 Å². The van der Waals surface area contributed by atoms with Crippen LogP contribution in [0.4, 0.5) is 0 Å². The molecule has 0 heterocycles. The summed E-state index contributed by atoms with van der Waals surface area (Å²) in [6.07, 6.45) is 14.8. The predicted octanol–water partition coefficient (Wildman–Crippen LogP) is 17.4. The Morgan fingerprint density at radius 1 is 0.361 bits per heavy atom. The number of esters is 1. The molecule has 6 nitrogen and oxygen atoms in total. The first kappa shape index (κ1) is 58.4. The van der Waals surface area contributed by atoms with Gasteiger partial charge in [-0.15, -0.1) is 0 Å². The number of rotatable bonds is 22. The zero-order valence-electron chi connectivity index (χ0n) is 48.4. The Bertz CT molecular complexity index is 2250. The molecule has 0 radical (unpaired) electrons. The van der Waals surface area contributed by atoms with Gasteiger partial charge in [0.25, 0.3) is 0 Å². The number of fused-ring (bicyclic) bond motifs is 8. The van der Waals surface area contributed by atoms with Crippen LogP contribution in [0.2, 0.25) is 0 Å². The summed E-state index contributed by atoms with van der Waals surface area (Å²) in [4.78, 5) is 11.8. The quantitative estimate of drug-likeness (QED) is 0.0509. The van der Waals surface area contributed by atoms with Gasteiger partial charge in [-0.05, 0) is 127 Å². The highest BCUT2D eigenvalue weighted by atomic mass is 16.5. The lowest BCUT2D eigenvalue weighted by Crippen LogP contribution is -2.18. The lowest BCUT2D eigenvalue weighted by atomic mass is 9.79. The molecule has 0 N–H and O–H groups in total. The van der Waals surface area contributed by atoms with E-state index in [4.69, 9.17) is 23.7 Å². The van der Waals surface area contributed by atoms with Crippen molar-refractivity contribution in [2.24, 2.45) is 0 Å². The first-order valence-corrected chi connectivity index (χ1v) is 28.3. The minimum Gasteiger partial charge on any atom is -0.493 e. The second-order valence-electron chi connectivity index (χ2n) is 25.0. The smallest absolute Gasteiger partial charge is 0.305 e. The van der Waals surface area contributed by atoms with Gasteiger partial charge in [0.1, 0.15) is 23.0 Å². The molecular formula is C66H98O6. The number of unbranched alkanes of at least 4 members (excludes halogenated alkanes) is 7. The van der Waals surface area contributed by atoms with Crippen LogP contribution in [0.5, 0.6) is 23.0 Å². The van der Waals surface area contributed by atoms with Crippen LogP contribution < -0.4 is 18.9 Å². The van der Waals surface area contributed by atoms with Crippen LogP contribution in [-0.4, -0.2) is 39.0 Å². The zero-order valence-corrected chi connectivity index (χ0v) is 48.4. The van der Waals surface area contributed by atoms with Gasteiger partial charge in [-0.1, -0.05) is 191 Å². The van der Waals surface area contributed by atoms with Crippen molar-refractivity contribution in [3.8, 4) is 23.0 Å². The second kappa shape index (κ2) is 26.2. The molecule has 0 fully saturated rings. The van der Waals surface area contributed by atoms with Crippen molar-refractivity contribution in [3.05, 3.63) is 115 Å². The molecule has 1 aliphatic carbocycles. The normalized spacial score (nSPS) is 13.2. The van der Waals surface area contributed by atoms with Crippen LogP contribution in [0, 0.1) is 0 Å². The first-order chi connectivity index (χ1) is 34.0. The van der Waals surface area contributed by atoms with Gasteiger partial charge in [-0.3, -0.25) is 4.79 Å². The Hall–Kier alpha value is -4.45. The summed E-state index contributed by atoms with van der Waals surface area (Å²) in [6.45, 7) is 39.5. The monoisotopic (exact) mass is 987 g/mol. The van der Waals surface area contributed by atoms with Gasteiger partial charge < -0.3 is 23.7 Å². The van der Waals surface area contributed by atoms with Gasteiger partial charge in [0.2, 0.25) is 0 Å². The Morgan fingerprint density at radius 3 is 0.833 bits per heavy atom. The third-order valence-electron chi connectivity index (χ3n) is 14.1. The van der Waals surface area contributed by atoms with E-state index in [1.165, 1.54) is 86.0 Å². The summed E-state index contributed by atoms with van der Waals surface area (Å²) >= 11 is 0. The van der Waals surface area contributed by atoms with Crippen molar-refractivity contribution in [2.45, 2.75) is 235 Å². The summed E-state index contributed by atoms with van der Waals surface area (Å²) in [5, 5.41) is 0. The average Bonchev–Trinajstić information content (AvgIpc) is 3.28. The molecular weight excluding hydrogens is 889 g/mol. The van der Waals surface area contributed by atoms with E-state index in [-0.39, 0.29) is 27.6 Å². The summed E-state index contributed by atoms with van der Waals surface area (Å²) in [7, 11) is 0. The van der Waals surface area contributed by atoms with Crippen LogP contribution in [0.25, 0.3) is 0 Å². The highest BCUT2D eigenvalue weighted by Crippen LogP contribution is 2.44. The van der Waals surface area contributed by atoms with E-state index < -0.39 is 0 Å². The van der Waals surface area contributed by atoms with E-state index in [2.05, 4.69) is 152 Å². The number of hydrogen-bond acceptors (Lipinski definition) is 6. The molecule has 0 spiro atoms. The van der Waals surface area contributed by atoms with Crippen molar-refractivity contribution in [1.29, 1.82) is 0 Å². The summed E-state index contributed by atoms with van der Waals surface area (Å²) < 4.78 is 33.4. The molecule has 0 saturated carbocycles. The minimum atomic E-state index is -0.107. The Morgan fingerprint density at radius 2 is 0.597 bits per heavy atom. The molecule has 398 valence electrons. The zero-order chi connectivity index (χ0) is 52.9. The van der Waals surface area contributed by atoms with Gasteiger partial charge in [-0.25, -0.2) is 0 Å². The summed E-state index contributed by atoms with van der Waals surface area (Å²) in [6, 6.07) is 19.5. The number of carbonyl (C=O) groups is 1. The molecule has 72 heavy (non-hydrogen) atoms. The molecule has 0 aromatic heterocycles. The Balaban J connectivity index is 1.76. The first-order valence-electron chi connectivity index (χ1n) is 28.3. The largest absolute Gasteiger partial charge is 0.493 e. The number of benzene rings is 4. The molecule has 8 bridgehead atoms. The van der Waals surface area contributed by atoms with Gasteiger partial charge in [0, 0.05) is 32.1 Å². The van der Waals surface area contributed by atoms with Gasteiger partial charge in [0.05, 0.1) is 33.0 Å². The molecule has 0 unspecified atom stereocenters. The third kappa shape index (κ3) is 16.5. The maximum absolute atomic E-state index is 11.8. The number of hydrogen-bond donors (Lipinski definition) is 0. The molecule has 0 atom stereocenters. The van der Waals surface area contributed by atoms with E-state index in [1.807, 2.05) is 6.92 Å². The maximum atomic E-state index is 11.8. The highest BCUT2D eigenvalue weighted by Gasteiger charge is 2.29. The molecule has 4 aromatic rings. The van der Waals surface area contributed by atoms with E-state index >= 15 is 0 Å². The predicted molar refractivity (Wildman–Crippen MR) is 303 cm³/mol. The standard InChI is InChI=1S/C66H98O6/c1-17-30-69-59-46-34-48-40-55(64(8,9)10)42-50(60(48)70-31-18-2)36-52-44-57(66(14,15)16)45-53(62(52)72-33-28-26-24-22-21-23-25-27-29-58(67)68-20-4)37-51-43-56(65(11,12)13)41-49(61(51)71-32-19-3)35-47(59)39-54(38-46)63(5,6)7/h38-45H,17-37H2,1-16H3. The molecule has 4 aromatic carbocycles. The fourth-order valence-electron chi connectivity index (χ4n) is 9.81. The fourth-order valence-corrected chi connectivity index (χ4v) is 9.81. The highest BCUT2D eigenvalue weighted by molar-refractivity contribution is 5.69. The Kier molecular flexibility index (Phi) is 21.2. The van der Waals surface area contributed by atoms with E-state index in [9.17, 15) is 4.79 Å². The van der Waals surface area contributed by atoms with Crippen LogP contribution in [0.1, 0.15) is 255 Å². The minimum absolute atomic E-state index is 0.0733. The molecule has 1 aliphatic rings. The van der Waals surface area contributed by atoms with Crippen molar-refractivity contribution >= 4 is 5.97 Å². The molecule has 0 amide bonds. The maximum Gasteiger partial charge on any atom is 0.305 e. The van der Waals surface area contributed by atoms with E-state index in [0.717, 1.165) is 74.4 Å². The molecule has 5 rings (SSSR count). The fraction of sp³-hybridized carbons (Fsp3) is 0.621. The summed E-state index contributed by atoms with van der Waals surface area (Å²) in [5.74, 6) is 3.90.